The molecule has 19 heavy (non-hydrogen) atoms. The molecule has 2 heterocycles. The van der Waals surface area contributed by atoms with Crippen molar-refractivity contribution in [2.45, 2.75) is 25.8 Å². The van der Waals surface area contributed by atoms with Gasteiger partial charge in [0.15, 0.2) is 0 Å². The van der Waals surface area contributed by atoms with E-state index in [-0.39, 0.29) is 0 Å². The fourth-order valence-corrected chi connectivity index (χ4v) is 3.02. The van der Waals surface area contributed by atoms with Gasteiger partial charge in [-0.15, -0.1) is 5.10 Å². The molecule has 0 bridgehead atoms. The van der Waals surface area contributed by atoms with E-state index in [1.54, 1.807) is 0 Å². The number of para-hydroxylation sites is 1. The zero-order valence-corrected chi connectivity index (χ0v) is 11.5. The van der Waals surface area contributed by atoms with Gasteiger partial charge in [0.05, 0.1) is 6.54 Å². The van der Waals surface area contributed by atoms with Crippen molar-refractivity contribution < 1.29 is 0 Å². The monoisotopic (exact) mass is 275 g/mol. The van der Waals surface area contributed by atoms with E-state index in [1.807, 2.05) is 0 Å². The molecule has 0 amide bonds. The molecule has 3 N–H and O–H groups in total. The normalized spacial score (nSPS) is 14.9. The molecule has 0 fully saturated rings. The summed E-state index contributed by atoms with van der Waals surface area (Å²) in [4.78, 5) is 2.37. The highest BCUT2D eigenvalue weighted by Gasteiger charge is 2.17. The van der Waals surface area contributed by atoms with E-state index in [4.69, 9.17) is 5.84 Å². The Bertz CT molecular complexity index is 553. The number of anilines is 2. The van der Waals surface area contributed by atoms with Gasteiger partial charge < -0.3 is 10.3 Å². The van der Waals surface area contributed by atoms with E-state index in [0.717, 1.165) is 30.2 Å². The van der Waals surface area contributed by atoms with Crippen LogP contribution in [0, 0.1) is 0 Å². The predicted molar refractivity (Wildman–Crippen MR) is 78.1 cm³/mol. The van der Waals surface area contributed by atoms with Crippen LogP contribution in [-0.4, -0.2) is 16.1 Å². The number of nitrogen functional groups attached to an aromatic ring is 1. The molecule has 3 rings (SSSR count). The number of nitrogens with one attached hydrogen (secondary N) is 1. The molecule has 100 valence electrons. The first-order valence-corrected chi connectivity index (χ1v) is 7.26. The van der Waals surface area contributed by atoms with E-state index < -0.39 is 0 Å². The van der Waals surface area contributed by atoms with Gasteiger partial charge in [-0.05, 0) is 30.9 Å². The van der Waals surface area contributed by atoms with Crippen molar-refractivity contribution in [1.29, 1.82) is 0 Å². The molecule has 2 aromatic rings. The molecule has 0 aliphatic carbocycles. The minimum Gasteiger partial charge on any atom is -0.365 e. The number of nitrogens with zero attached hydrogens (tertiary/aromatic N) is 3. The van der Waals surface area contributed by atoms with Crippen molar-refractivity contribution in [2.75, 3.05) is 16.9 Å². The third-order valence-corrected chi connectivity index (χ3v) is 4.18. The zero-order valence-electron chi connectivity index (χ0n) is 10.7. The summed E-state index contributed by atoms with van der Waals surface area (Å²) in [6.45, 7) is 1.81. The fourth-order valence-electron chi connectivity index (χ4n) is 2.54. The average molecular weight is 275 g/mol. The molecule has 0 unspecified atom stereocenters. The summed E-state index contributed by atoms with van der Waals surface area (Å²) in [6.07, 6.45) is 3.60. The first-order chi connectivity index (χ1) is 9.38. The van der Waals surface area contributed by atoms with Crippen LogP contribution in [0.25, 0.3) is 0 Å². The van der Waals surface area contributed by atoms with Gasteiger partial charge in [0.25, 0.3) is 0 Å². The molecule has 5 nitrogen and oxygen atoms in total. The molecule has 1 aromatic carbocycles. The minimum absolute atomic E-state index is 0.757. The van der Waals surface area contributed by atoms with Crippen LogP contribution in [0.2, 0.25) is 0 Å². The summed E-state index contributed by atoms with van der Waals surface area (Å²) in [5.41, 5.74) is 6.33. The molecule has 0 saturated heterocycles. The quantitative estimate of drug-likeness (QED) is 0.664. The molecule has 1 aliphatic heterocycles. The van der Waals surface area contributed by atoms with Crippen LogP contribution >= 0.6 is 11.5 Å². The topological polar surface area (TPSA) is 67.1 Å². The SMILES string of the molecule is NNc1snnc1CN1CCCCc2ccccc21. The molecule has 1 aromatic heterocycles. The Balaban J connectivity index is 1.88. The molecule has 0 saturated carbocycles. The van der Waals surface area contributed by atoms with Crippen LogP contribution in [0.4, 0.5) is 10.7 Å². The van der Waals surface area contributed by atoms with Gasteiger partial charge in [-0.25, -0.2) is 5.84 Å². The highest BCUT2D eigenvalue weighted by Crippen LogP contribution is 2.28. The Labute approximate surface area is 116 Å². The maximum absolute atomic E-state index is 5.49. The number of hydrazine groups is 1. The number of nitrogens with two attached hydrogens (primary N) is 1. The number of benzene rings is 1. The number of rotatable bonds is 3. The van der Waals surface area contributed by atoms with Crippen molar-refractivity contribution >= 4 is 22.2 Å². The van der Waals surface area contributed by atoms with Crippen molar-refractivity contribution in [1.82, 2.24) is 9.59 Å². The van der Waals surface area contributed by atoms with Crippen molar-refractivity contribution in [3.05, 3.63) is 35.5 Å². The molecule has 1 aliphatic rings. The van der Waals surface area contributed by atoms with Crippen LogP contribution in [0.15, 0.2) is 24.3 Å². The maximum Gasteiger partial charge on any atom is 0.149 e. The Morgan fingerprint density at radius 1 is 1.32 bits per heavy atom. The van der Waals surface area contributed by atoms with E-state index in [0.29, 0.717) is 0 Å². The Morgan fingerprint density at radius 3 is 3.11 bits per heavy atom. The Kier molecular flexibility index (Phi) is 3.61. The lowest BCUT2D eigenvalue weighted by atomic mass is 10.1. The van der Waals surface area contributed by atoms with Crippen molar-refractivity contribution in [2.24, 2.45) is 5.84 Å². The van der Waals surface area contributed by atoms with Gasteiger partial charge in [-0.1, -0.05) is 22.7 Å². The summed E-state index contributed by atoms with van der Waals surface area (Å²) in [6, 6.07) is 8.61. The molecular formula is C13H17N5S. The van der Waals surface area contributed by atoms with E-state index in [1.165, 1.54) is 35.6 Å². The second kappa shape index (κ2) is 5.54. The van der Waals surface area contributed by atoms with Gasteiger partial charge in [0, 0.05) is 23.8 Å². The van der Waals surface area contributed by atoms with E-state index in [2.05, 4.69) is 44.2 Å². The smallest absolute Gasteiger partial charge is 0.149 e. The molecule has 0 atom stereocenters. The van der Waals surface area contributed by atoms with Gasteiger partial charge in [0.1, 0.15) is 10.7 Å². The first-order valence-electron chi connectivity index (χ1n) is 6.49. The summed E-state index contributed by atoms with van der Waals surface area (Å²) in [5.74, 6) is 5.49. The third kappa shape index (κ3) is 2.54. The van der Waals surface area contributed by atoms with Crippen LogP contribution in [0.5, 0.6) is 0 Å². The summed E-state index contributed by atoms with van der Waals surface area (Å²) in [7, 11) is 0. The average Bonchev–Trinajstić information content (AvgIpc) is 2.80. The molecule has 0 radical (unpaired) electrons. The van der Waals surface area contributed by atoms with Crippen molar-refractivity contribution in [3.8, 4) is 0 Å². The third-order valence-electron chi connectivity index (χ3n) is 3.48. The summed E-state index contributed by atoms with van der Waals surface area (Å²) < 4.78 is 3.96. The zero-order chi connectivity index (χ0) is 13.1. The number of aromatic nitrogens is 2. The van der Waals surface area contributed by atoms with Crippen LogP contribution in [-0.2, 0) is 13.0 Å². The van der Waals surface area contributed by atoms with Gasteiger partial charge in [-0.2, -0.15) is 0 Å². The predicted octanol–water partition coefficient (Wildman–Crippen LogP) is 2.17. The second-order valence-electron chi connectivity index (χ2n) is 4.70. The maximum atomic E-state index is 5.49. The lowest BCUT2D eigenvalue weighted by molar-refractivity contribution is 0.707. The highest BCUT2D eigenvalue weighted by molar-refractivity contribution is 7.10. The van der Waals surface area contributed by atoms with E-state index >= 15 is 0 Å². The Morgan fingerprint density at radius 2 is 2.21 bits per heavy atom. The minimum atomic E-state index is 0.757. The lowest BCUT2D eigenvalue weighted by Gasteiger charge is -2.24. The number of hydrogen-bond acceptors (Lipinski definition) is 6. The lowest BCUT2D eigenvalue weighted by Crippen LogP contribution is -2.24. The number of fused-ring (bicyclic) bond motifs is 1. The fraction of sp³-hybridized carbons (Fsp3) is 0.385. The van der Waals surface area contributed by atoms with Gasteiger partial charge in [0.2, 0.25) is 0 Å². The van der Waals surface area contributed by atoms with Gasteiger partial charge in [-0.3, -0.25) is 0 Å². The molecular weight excluding hydrogens is 258 g/mol. The molecule has 6 heteroatoms. The Hall–Kier alpha value is -1.66. The second-order valence-corrected chi connectivity index (χ2v) is 5.45. The van der Waals surface area contributed by atoms with Crippen molar-refractivity contribution in [3.63, 3.8) is 0 Å². The highest BCUT2D eigenvalue weighted by atomic mass is 32.1. The number of aryl methyl sites for hydroxylation is 1. The van der Waals surface area contributed by atoms with Crippen LogP contribution in [0.3, 0.4) is 0 Å². The summed E-state index contributed by atoms with van der Waals surface area (Å²) >= 11 is 1.30. The van der Waals surface area contributed by atoms with E-state index in [9.17, 15) is 0 Å². The standard InChI is InChI=1S/C13H17N5S/c14-15-13-11(16-17-19-13)9-18-8-4-3-6-10-5-1-2-7-12(10)18/h1-2,5,7,15H,3-4,6,8-9,14H2. The van der Waals surface area contributed by atoms with Crippen LogP contribution < -0.4 is 16.2 Å². The van der Waals surface area contributed by atoms with Crippen LogP contribution in [0.1, 0.15) is 24.1 Å². The largest absolute Gasteiger partial charge is 0.365 e. The number of hydrogen-bond donors (Lipinski definition) is 2. The first kappa shape index (κ1) is 12.4. The van der Waals surface area contributed by atoms with Gasteiger partial charge >= 0.3 is 0 Å². The molecule has 0 spiro atoms. The summed E-state index contributed by atoms with van der Waals surface area (Å²) in [5, 5.41) is 5.02.